The third-order valence-electron chi connectivity index (χ3n) is 3.33. The molecule has 0 spiro atoms. The molecule has 0 aliphatic heterocycles. The van der Waals surface area contributed by atoms with Crippen molar-refractivity contribution in [3.05, 3.63) is 47.0 Å². The fraction of sp³-hybridized carbons (Fsp3) is 0.188. The Morgan fingerprint density at radius 3 is 2.65 bits per heavy atom. The van der Waals surface area contributed by atoms with E-state index in [9.17, 15) is 0 Å². The van der Waals surface area contributed by atoms with Crippen molar-refractivity contribution in [3.8, 4) is 11.5 Å². The van der Waals surface area contributed by atoms with Gasteiger partial charge in [0.15, 0.2) is 5.58 Å². The van der Waals surface area contributed by atoms with Gasteiger partial charge in [-0.3, -0.25) is 0 Å². The van der Waals surface area contributed by atoms with Crippen molar-refractivity contribution in [2.45, 2.75) is 19.8 Å². The molecular formula is C16H15ClN2O. The van der Waals surface area contributed by atoms with Crippen LogP contribution in [-0.4, -0.2) is 4.98 Å². The zero-order valence-electron chi connectivity index (χ0n) is 11.4. The maximum absolute atomic E-state index is 6.03. The summed E-state index contributed by atoms with van der Waals surface area (Å²) in [4.78, 5) is 4.53. The number of benzene rings is 2. The maximum Gasteiger partial charge on any atom is 0.227 e. The molecule has 2 aromatic carbocycles. The molecule has 3 aromatic rings. The molecule has 0 amide bonds. The topological polar surface area (TPSA) is 52.0 Å². The van der Waals surface area contributed by atoms with Crippen molar-refractivity contribution >= 4 is 28.4 Å². The zero-order chi connectivity index (χ0) is 14.3. The molecule has 3 nitrogen and oxygen atoms in total. The Labute approximate surface area is 122 Å². The summed E-state index contributed by atoms with van der Waals surface area (Å²) in [5.41, 5.74) is 9.97. The predicted molar refractivity (Wildman–Crippen MR) is 83.0 cm³/mol. The fourth-order valence-electron chi connectivity index (χ4n) is 2.09. The van der Waals surface area contributed by atoms with Gasteiger partial charge < -0.3 is 10.2 Å². The molecule has 3 rings (SSSR count). The second-order valence-corrected chi connectivity index (χ2v) is 5.54. The van der Waals surface area contributed by atoms with Gasteiger partial charge >= 0.3 is 0 Å². The number of aromatic nitrogens is 1. The first-order chi connectivity index (χ1) is 9.54. The molecule has 102 valence electrons. The molecule has 1 heterocycles. The maximum atomic E-state index is 6.03. The first-order valence-corrected chi connectivity index (χ1v) is 6.88. The lowest BCUT2D eigenvalue weighted by Crippen LogP contribution is -1.87. The third kappa shape index (κ3) is 2.25. The molecule has 4 heteroatoms. The van der Waals surface area contributed by atoms with Crippen LogP contribution in [0.25, 0.3) is 22.6 Å². The molecule has 0 aliphatic carbocycles. The van der Waals surface area contributed by atoms with Crippen molar-refractivity contribution in [2.75, 3.05) is 5.73 Å². The van der Waals surface area contributed by atoms with Crippen molar-refractivity contribution in [1.82, 2.24) is 4.98 Å². The van der Waals surface area contributed by atoms with Crippen LogP contribution in [0.4, 0.5) is 5.69 Å². The number of hydrogen-bond acceptors (Lipinski definition) is 3. The minimum absolute atomic E-state index is 0.463. The normalized spacial score (nSPS) is 11.4. The number of nitrogen functional groups attached to an aromatic ring is 1. The fourth-order valence-corrected chi connectivity index (χ4v) is 2.27. The molecular weight excluding hydrogens is 272 g/mol. The summed E-state index contributed by atoms with van der Waals surface area (Å²) in [5, 5.41) is 0.507. The predicted octanol–water partition coefficient (Wildman–Crippen LogP) is 4.85. The van der Waals surface area contributed by atoms with Gasteiger partial charge in [0.1, 0.15) is 5.52 Å². The average Bonchev–Trinajstić information content (AvgIpc) is 2.84. The minimum atomic E-state index is 0.463. The summed E-state index contributed by atoms with van der Waals surface area (Å²) in [5.74, 6) is 1.02. The van der Waals surface area contributed by atoms with Crippen LogP contribution in [0.5, 0.6) is 0 Å². The number of nitrogens with zero attached hydrogens (tertiary/aromatic N) is 1. The molecule has 2 N–H and O–H groups in total. The number of anilines is 1. The van der Waals surface area contributed by atoms with E-state index in [0.29, 0.717) is 22.5 Å². The molecule has 0 radical (unpaired) electrons. The van der Waals surface area contributed by atoms with Gasteiger partial charge in [-0.15, -0.1) is 0 Å². The monoisotopic (exact) mass is 286 g/mol. The van der Waals surface area contributed by atoms with Crippen molar-refractivity contribution in [1.29, 1.82) is 0 Å². The third-order valence-corrected chi connectivity index (χ3v) is 3.65. The number of hydrogen-bond donors (Lipinski definition) is 1. The molecule has 20 heavy (non-hydrogen) atoms. The number of nitrogens with two attached hydrogens (primary N) is 1. The van der Waals surface area contributed by atoms with Gasteiger partial charge in [-0.25, -0.2) is 4.98 Å². The molecule has 0 aliphatic rings. The highest BCUT2D eigenvalue weighted by molar-refractivity contribution is 6.33. The number of oxazole rings is 1. The molecule has 0 fully saturated rings. The zero-order valence-corrected chi connectivity index (χ0v) is 12.1. The molecule has 0 saturated heterocycles. The second kappa shape index (κ2) is 4.84. The molecule has 0 atom stereocenters. The van der Waals surface area contributed by atoms with E-state index < -0.39 is 0 Å². The molecule has 0 saturated carbocycles. The van der Waals surface area contributed by atoms with Crippen LogP contribution in [0, 0.1) is 0 Å². The number of rotatable bonds is 2. The largest absolute Gasteiger partial charge is 0.436 e. The van der Waals surface area contributed by atoms with Crippen LogP contribution in [0.2, 0.25) is 5.02 Å². The second-order valence-electron chi connectivity index (χ2n) is 5.14. The van der Waals surface area contributed by atoms with E-state index in [4.69, 9.17) is 21.8 Å². The van der Waals surface area contributed by atoms with E-state index in [1.54, 1.807) is 12.1 Å². The average molecular weight is 287 g/mol. The Morgan fingerprint density at radius 1 is 1.15 bits per heavy atom. The van der Waals surface area contributed by atoms with E-state index in [0.717, 1.165) is 16.7 Å². The van der Waals surface area contributed by atoms with Gasteiger partial charge in [0.25, 0.3) is 0 Å². The Kier molecular flexibility index (Phi) is 3.14. The lowest BCUT2D eigenvalue weighted by Gasteiger charge is -2.02. The molecule has 1 aromatic heterocycles. The van der Waals surface area contributed by atoms with Gasteiger partial charge in [0, 0.05) is 5.56 Å². The first-order valence-electron chi connectivity index (χ1n) is 6.50. The lowest BCUT2D eigenvalue weighted by molar-refractivity contribution is 0.619. The van der Waals surface area contributed by atoms with Gasteiger partial charge in [0.05, 0.1) is 10.7 Å². The Hall–Kier alpha value is -2.00. The summed E-state index contributed by atoms with van der Waals surface area (Å²) >= 11 is 6.03. The SMILES string of the molecule is CC(C)c1ccc2oc(-c3ccc(N)c(Cl)c3)nc2c1. The standard InChI is InChI=1S/C16H15ClN2O/c1-9(2)10-4-6-15-14(8-10)19-16(20-15)11-3-5-13(18)12(17)7-11/h3-9H,18H2,1-2H3. The van der Waals surface area contributed by atoms with E-state index in [-0.39, 0.29) is 0 Å². The van der Waals surface area contributed by atoms with Gasteiger partial charge in [-0.1, -0.05) is 31.5 Å². The summed E-state index contributed by atoms with van der Waals surface area (Å²) in [7, 11) is 0. The Balaban J connectivity index is 2.10. The smallest absolute Gasteiger partial charge is 0.227 e. The van der Waals surface area contributed by atoms with Gasteiger partial charge in [-0.05, 0) is 41.8 Å². The highest BCUT2D eigenvalue weighted by atomic mass is 35.5. The van der Waals surface area contributed by atoms with Crippen LogP contribution in [-0.2, 0) is 0 Å². The highest BCUT2D eigenvalue weighted by Gasteiger charge is 2.11. The Bertz CT molecular complexity index is 777. The summed E-state index contributed by atoms with van der Waals surface area (Å²) in [6.07, 6.45) is 0. The van der Waals surface area contributed by atoms with E-state index in [1.165, 1.54) is 5.56 Å². The van der Waals surface area contributed by atoms with Gasteiger partial charge in [-0.2, -0.15) is 0 Å². The summed E-state index contributed by atoms with van der Waals surface area (Å²) in [6, 6.07) is 11.5. The van der Waals surface area contributed by atoms with Crippen molar-refractivity contribution in [2.24, 2.45) is 0 Å². The van der Waals surface area contributed by atoms with Crippen LogP contribution >= 0.6 is 11.6 Å². The van der Waals surface area contributed by atoms with Crippen LogP contribution < -0.4 is 5.73 Å². The van der Waals surface area contributed by atoms with E-state index >= 15 is 0 Å². The number of halogens is 1. The van der Waals surface area contributed by atoms with Crippen LogP contribution in [0.3, 0.4) is 0 Å². The quantitative estimate of drug-likeness (QED) is 0.685. The van der Waals surface area contributed by atoms with Gasteiger partial charge in [0.2, 0.25) is 5.89 Å². The van der Waals surface area contributed by atoms with E-state index in [2.05, 4.69) is 31.0 Å². The molecule has 0 bridgehead atoms. The van der Waals surface area contributed by atoms with Crippen LogP contribution in [0.15, 0.2) is 40.8 Å². The molecule has 0 unspecified atom stereocenters. The van der Waals surface area contributed by atoms with E-state index in [1.807, 2.05) is 12.1 Å². The highest BCUT2D eigenvalue weighted by Crippen LogP contribution is 2.30. The van der Waals surface area contributed by atoms with Crippen molar-refractivity contribution in [3.63, 3.8) is 0 Å². The minimum Gasteiger partial charge on any atom is -0.436 e. The summed E-state index contributed by atoms with van der Waals surface area (Å²) < 4.78 is 5.77. The van der Waals surface area contributed by atoms with Crippen molar-refractivity contribution < 1.29 is 4.42 Å². The number of fused-ring (bicyclic) bond motifs is 1. The Morgan fingerprint density at radius 2 is 1.95 bits per heavy atom. The first kappa shape index (κ1) is 13.0. The summed E-state index contributed by atoms with van der Waals surface area (Å²) in [6.45, 7) is 4.31. The van der Waals surface area contributed by atoms with Crippen LogP contribution in [0.1, 0.15) is 25.3 Å². The lowest BCUT2D eigenvalue weighted by atomic mass is 10.0.